The first kappa shape index (κ1) is 19.8. The number of rotatable bonds is 4. The van der Waals surface area contributed by atoms with Gasteiger partial charge in [-0.2, -0.15) is 0 Å². The molecule has 4 rings (SSSR count). The van der Waals surface area contributed by atoms with Crippen LogP contribution < -0.4 is 24.5 Å². The molecule has 1 aliphatic rings. The third-order valence-corrected chi connectivity index (χ3v) is 5.47. The van der Waals surface area contributed by atoms with Crippen LogP contribution >= 0.6 is 0 Å². The molecule has 0 spiro atoms. The molecule has 1 N–H and O–H groups in total. The predicted molar refractivity (Wildman–Crippen MR) is 112 cm³/mol. The van der Waals surface area contributed by atoms with Crippen LogP contribution in [0.5, 0.6) is 23.0 Å². The van der Waals surface area contributed by atoms with Crippen molar-refractivity contribution in [2.45, 2.75) is 26.2 Å². The number of methoxy groups -OCH3 is 3. The molecule has 3 aromatic rings. The number of ether oxygens (including phenoxy) is 4. The number of fused-ring (bicyclic) bond motifs is 2. The van der Waals surface area contributed by atoms with Crippen molar-refractivity contribution in [1.29, 1.82) is 0 Å². The number of esters is 1. The molecule has 1 aromatic heterocycles. The summed E-state index contributed by atoms with van der Waals surface area (Å²) in [5, 5.41) is 0.905. The fourth-order valence-electron chi connectivity index (χ4n) is 4.23. The summed E-state index contributed by atoms with van der Waals surface area (Å²) < 4.78 is 21.9. The van der Waals surface area contributed by atoms with Gasteiger partial charge in [-0.3, -0.25) is 9.59 Å². The SMILES string of the molecule is COc1cc2c(c(OC)c1OC)C(c1cc3cc(C)cc(C)c3[nH]c1=O)CC(=O)O2. The minimum atomic E-state index is -0.551. The van der Waals surface area contributed by atoms with Crippen LogP contribution in [0, 0.1) is 13.8 Å². The van der Waals surface area contributed by atoms with Crippen LogP contribution in [0.4, 0.5) is 0 Å². The van der Waals surface area contributed by atoms with Gasteiger partial charge in [0.15, 0.2) is 11.5 Å². The van der Waals surface area contributed by atoms with Crippen LogP contribution in [0.3, 0.4) is 0 Å². The minimum Gasteiger partial charge on any atom is -0.493 e. The Bertz CT molecular complexity index is 1230. The molecular weight excluding hydrogens is 386 g/mol. The summed E-state index contributed by atoms with van der Waals surface area (Å²) in [6.45, 7) is 3.96. The lowest BCUT2D eigenvalue weighted by Crippen LogP contribution is -2.26. The molecule has 30 heavy (non-hydrogen) atoms. The maximum absolute atomic E-state index is 13.1. The van der Waals surface area contributed by atoms with Crippen molar-refractivity contribution in [2.75, 3.05) is 21.3 Å². The number of benzene rings is 2. The third-order valence-electron chi connectivity index (χ3n) is 5.47. The second-order valence-corrected chi connectivity index (χ2v) is 7.39. The molecule has 0 saturated heterocycles. The average molecular weight is 409 g/mol. The fraction of sp³-hybridized carbons (Fsp3) is 0.304. The van der Waals surface area contributed by atoms with Gasteiger partial charge in [-0.25, -0.2) is 0 Å². The molecule has 0 radical (unpaired) electrons. The van der Waals surface area contributed by atoms with Crippen molar-refractivity contribution in [3.05, 3.63) is 56.9 Å². The van der Waals surface area contributed by atoms with E-state index < -0.39 is 11.9 Å². The van der Waals surface area contributed by atoms with Gasteiger partial charge in [0.1, 0.15) is 5.75 Å². The Kier molecular flexibility index (Phi) is 4.89. The van der Waals surface area contributed by atoms with E-state index in [4.69, 9.17) is 18.9 Å². The number of hydrogen-bond acceptors (Lipinski definition) is 6. The molecular formula is C23H23NO6. The quantitative estimate of drug-likeness (QED) is 0.523. The van der Waals surface area contributed by atoms with Gasteiger partial charge in [-0.05, 0) is 36.9 Å². The lowest BCUT2D eigenvalue weighted by Gasteiger charge is -2.28. The molecule has 7 heteroatoms. The second-order valence-electron chi connectivity index (χ2n) is 7.39. The van der Waals surface area contributed by atoms with E-state index in [2.05, 4.69) is 4.98 Å². The van der Waals surface area contributed by atoms with Crippen LogP contribution in [-0.4, -0.2) is 32.3 Å². The maximum Gasteiger partial charge on any atom is 0.312 e. The Labute approximate surface area is 173 Å². The van der Waals surface area contributed by atoms with Crippen molar-refractivity contribution in [3.63, 3.8) is 0 Å². The van der Waals surface area contributed by atoms with Crippen LogP contribution in [-0.2, 0) is 4.79 Å². The number of aryl methyl sites for hydroxylation is 2. The molecule has 1 atom stereocenters. The van der Waals surface area contributed by atoms with Crippen molar-refractivity contribution >= 4 is 16.9 Å². The highest BCUT2D eigenvalue weighted by Gasteiger charge is 2.36. The Morgan fingerprint density at radius 1 is 0.967 bits per heavy atom. The zero-order chi connectivity index (χ0) is 21.6. The van der Waals surface area contributed by atoms with Crippen molar-refractivity contribution < 1.29 is 23.7 Å². The van der Waals surface area contributed by atoms with Gasteiger partial charge in [0, 0.05) is 23.1 Å². The van der Waals surface area contributed by atoms with E-state index in [-0.39, 0.29) is 12.0 Å². The van der Waals surface area contributed by atoms with Gasteiger partial charge in [-0.1, -0.05) is 11.6 Å². The molecule has 0 aliphatic carbocycles. The zero-order valence-electron chi connectivity index (χ0n) is 17.5. The van der Waals surface area contributed by atoms with E-state index in [0.717, 1.165) is 22.0 Å². The van der Waals surface area contributed by atoms with E-state index in [0.29, 0.717) is 34.1 Å². The van der Waals surface area contributed by atoms with Gasteiger partial charge < -0.3 is 23.9 Å². The molecule has 2 aromatic carbocycles. The number of aromatic nitrogens is 1. The standard InChI is InChI=1S/C23H23NO6/c1-11-6-12(2)20-13(7-11)8-15(23(26)24-20)14-9-18(25)30-16-10-17(27-3)21(28-4)22(29-5)19(14)16/h6-8,10,14H,9H2,1-5H3,(H,24,26). The number of carbonyl (C=O) groups excluding carboxylic acids is 1. The Hall–Kier alpha value is -3.48. The highest BCUT2D eigenvalue weighted by atomic mass is 16.5. The first-order chi connectivity index (χ1) is 14.4. The number of hydrogen-bond donors (Lipinski definition) is 1. The van der Waals surface area contributed by atoms with Crippen molar-refractivity contribution in [3.8, 4) is 23.0 Å². The Balaban J connectivity index is 2.01. The molecule has 0 bridgehead atoms. The van der Waals surface area contributed by atoms with Gasteiger partial charge in [0.05, 0.1) is 33.3 Å². The number of H-pyrrole nitrogens is 1. The highest BCUT2D eigenvalue weighted by Crippen LogP contribution is 2.52. The summed E-state index contributed by atoms with van der Waals surface area (Å²) in [4.78, 5) is 28.4. The number of aromatic amines is 1. The summed E-state index contributed by atoms with van der Waals surface area (Å²) >= 11 is 0. The Morgan fingerprint density at radius 3 is 2.37 bits per heavy atom. The summed E-state index contributed by atoms with van der Waals surface area (Å²) in [6, 6.07) is 7.46. The van der Waals surface area contributed by atoms with E-state index in [1.807, 2.05) is 32.0 Å². The van der Waals surface area contributed by atoms with Crippen LogP contribution in [0.15, 0.2) is 29.1 Å². The van der Waals surface area contributed by atoms with Gasteiger partial charge in [-0.15, -0.1) is 0 Å². The molecule has 0 fully saturated rings. The fourth-order valence-corrected chi connectivity index (χ4v) is 4.23. The second kappa shape index (κ2) is 7.40. The number of carbonyl (C=O) groups is 1. The van der Waals surface area contributed by atoms with Crippen LogP contribution in [0.25, 0.3) is 10.9 Å². The monoisotopic (exact) mass is 409 g/mol. The van der Waals surface area contributed by atoms with Crippen molar-refractivity contribution in [1.82, 2.24) is 4.98 Å². The zero-order valence-corrected chi connectivity index (χ0v) is 17.5. The number of nitrogens with one attached hydrogen (secondary N) is 1. The lowest BCUT2D eigenvalue weighted by molar-refractivity contribution is -0.135. The highest BCUT2D eigenvalue weighted by molar-refractivity contribution is 5.85. The van der Waals surface area contributed by atoms with Crippen molar-refractivity contribution in [2.24, 2.45) is 0 Å². The molecule has 1 unspecified atom stereocenters. The van der Waals surface area contributed by atoms with Crippen LogP contribution in [0.2, 0.25) is 0 Å². The molecule has 0 amide bonds. The largest absolute Gasteiger partial charge is 0.493 e. The maximum atomic E-state index is 13.1. The van der Waals surface area contributed by atoms with Gasteiger partial charge >= 0.3 is 5.97 Å². The summed E-state index contributed by atoms with van der Waals surface area (Å²) in [5.74, 6) is 0.451. The van der Waals surface area contributed by atoms with E-state index in [1.54, 1.807) is 6.07 Å². The van der Waals surface area contributed by atoms with E-state index >= 15 is 0 Å². The normalized spacial score (nSPS) is 15.5. The summed E-state index contributed by atoms with van der Waals surface area (Å²) in [5.41, 5.74) is 3.66. The molecule has 0 saturated carbocycles. The molecule has 1 aliphatic heterocycles. The van der Waals surface area contributed by atoms with Gasteiger partial charge in [0.2, 0.25) is 5.75 Å². The average Bonchev–Trinajstić information content (AvgIpc) is 2.71. The first-order valence-corrected chi connectivity index (χ1v) is 9.55. The smallest absolute Gasteiger partial charge is 0.312 e. The minimum absolute atomic E-state index is 0.0121. The summed E-state index contributed by atoms with van der Waals surface area (Å²) in [7, 11) is 4.50. The third kappa shape index (κ3) is 3.07. The molecule has 156 valence electrons. The topological polar surface area (TPSA) is 86.9 Å². The lowest BCUT2D eigenvalue weighted by atomic mass is 9.85. The first-order valence-electron chi connectivity index (χ1n) is 9.55. The Morgan fingerprint density at radius 2 is 1.70 bits per heavy atom. The predicted octanol–water partition coefficient (Wildman–Crippen LogP) is 3.61. The number of pyridine rings is 1. The molecule has 2 heterocycles. The van der Waals surface area contributed by atoms with Crippen LogP contribution in [0.1, 0.15) is 34.6 Å². The van der Waals surface area contributed by atoms with Gasteiger partial charge in [0.25, 0.3) is 5.56 Å². The molecule has 7 nitrogen and oxygen atoms in total. The van der Waals surface area contributed by atoms with E-state index in [9.17, 15) is 9.59 Å². The van der Waals surface area contributed by atoms with E-state index in [1.165, 1.54) is 21.3 Å². The summed E-state index contributed by atoms with van der Waals surface area (Å²) in [6.07, 6.45) is 0.0121.